The summed E-state index contributed by atoms with van der Waals surface area (Å²) in [7, 11) is 0. The van der Waals surface area contributed by atoms with Crippen LogP contribution < -0.4 is 0 Å². The van der Waals surface area contributed by atoms with Gasteiger partial charge in [-0.1, -0.05) is 18.2 Å². The molecule has 0 radical (unpaired) electrons. The summed E-state index contributed by atoms with van der Waals surface area (Å²) in [6, 6.07) is 6.80. The molecule has 0 amide bonds. The molecule has 0 fully saturated rings. The topological polar surface area (TPSA) is 66.0 Å². The number of aromatic carboxylic acids is 1. The van der Waals surface area contributed by atoms with E-state index in [1.165, 1.54) is 0 Å². The van der Waals surface area contributed by atoms with Gasteiger partial charge in [-0.2, -0.15) is 0 Å². The van der Waals surface area contributed by atoms with Crippen LogP contribution in [0.15, 0.2) is 49.4 Å². The van der Waals surface area contributed by atoms with Gasteiger partial charge in [0.15, 0.2) is 0 Å². The Balaban J connectivity index is 2.41. The third kappa shape index (κ3) is 2.25. The fourth-order valence-electron chi connectivity index (χ4n) is 1.73. The number of carbonyl (C=O) groups is 1. The standard InChI is InChI=1S/C13H12N2O2/c1-2-11(12-7-14-8-15-12)9-4-3-5-10(6-9)13(16)17/h2-8,11H,1H2,(H,14,15)(H,16,17). The molecular formula is C13H12N2O2. The molecule has 1 atom stereocenters. The normalized spacial score (nSPS) is 12.0. The van der Waals surface area contributed by atoms with E-state index in [0.29, 0.717) is 0 Å². The van der Waals surface area contributed by atoms with Crippen LogP contribution in [0.5, 0.6) is 0 Å². The first-order valence-electron chi connectivity index (χ1n) is 5.17. The van der Waals surface area contributed by atoms with Crippen molar-refractivity contribution < 1.29 is 9.90 Å². The fourth-order valence-corrected chi connectivity index (χ4v) is 1.73. The Morgan fingerprint density at radius 3 is 2.94 bits per heavy atom. The zero-order valence-electron chi connectivity index (χ0n) is 9.13. The number of carboxylic acid groups (broad SMARTS) is 1. The lowest BCUT2D eigenvalue weighted by atomic mass is 9.95. The van der Waals surface area contributed by atoms with E-state index in [0.717, 1.165) is 11.3 Å². The first kappa shape index (κ1) is 11.1. The lowest BCUT2D eigenvalue weighted by Crippen LogP contribution is -2.01. The minimum absolute atomic E-state index is 0.0967. The van der Waals surface area contributed by atoms with Gasteiger partial charge < -0.3 is 10.1 Å². The molecule has 0 aliphatic rings. The summed E-state index contributed by atoms with van der Waals surface area (Å²) in [6.45, 7) is 3.77. The molecule has 4 heteroatoms. The number of carboxylic acids is 1. The van der Waals surface area contributed by atoms with Crippen molar-refractivity contribution in [3.05, 3.63) is 66.3 Å². The Hall–Kier alpha value is -2.36. The van der Waals surface area contributed by atoms with Crippen LogP contribution in [0.3, 0.4) is 0 Å². The minimum Gasteiger partial charge on any atom is -0.478 e. The van der Waals surface area contributed by atoms with Gasteiger partial charge in [0, 0.05) is 12.1 Å². The average Bonchev–Trinajstić information content (AvgIpc) is 2.84. The van der Waals surface area contributed by atoms with E-state index in [1.807, 2.05) is 6.07 Å². The second kappa shape index (κ2) is 4.65. The van der Waals surface area contributed by atoms with Crippen LogP contribution in [0.4, 0.5) is 0 Å². The van der Waals surface area contributed by atoms with Crippen LogP contribution in [0.1, 0.15) is 27.5 Å². The molecule has 2 N–H and O–H groups in total. The maximum absolute atomic E-state index is 10.9. The van der Waals surface area contributed by atoms with Gasteiger partial charge in [0.2, 0.25) is 0 Å². The van der Waals surface area contributed by atoms with Crippen molar-refractivity contribution in [3.8, 4) is 0 Å². The molecule has 0 aliphatic heterocycles. The summed E-state index contributed by atoms with van der Waals surface area (Å²) in [5.41, 5.74) is 1.96. The molecule has 1 aromatic heterocycles. The molecule has 0 saturated carbocycles. The number of imidazole rings is 1. The first-order valence-corrected chi connectivity index (χ1v) is 5.17. The highest BCUT2D eigenvalue weighted by Gasteiger charge is 2.13. The molecule has 4 nitrogen and oxygen atoms in total. The molecule has 1 unspecified atom stereocenters. The van der Waals surface area contributed by atoms with E-state index >= 15 is 0 Å². The van der Waals surface area contributed by atoms with Gasteiger partial charge in [0.25, 0.3) is 0 Å². The highest BCUT2D eigenvalue weighted by Crippen LogP contribution is 2.24. The molecule has 0 saturated heterocycles. The zero-order chi connectivity index (χ0) is 12.3. The van der Waals surface area contributed by atoms with Crippen LogP contribution in [0.25, 0.3) is 0 Å². The van der Waals surface area contributed by atoms with E-state index in [4.69, 9.17) is 5.11 Å². The molecular weight excluding hydrogens is 216 g/mol. The zero-order valence-corrected chi connectivity index (χ0v) is 9.13. The predicted molar refractivity (Wildman–Crippen MR) is 64.0 cm³/mol. The monoisotopic (exact) mass is 228 g/mol. The second-order valence-corrected chi connectivity index (χ2v) is 3.64. The van der Waals surface area contributed by atoms with Crippen molar-refractivity contribution in [2.75, 3.05) is 0 Å². The first-order chi connectivity index (χ1) is 8.22. The molecule has 2 rings (SSSR count). The molecule has 0 bridgehead atoms. The Labute approximate surface area is 98.6 Å². The molecule has 0 spiro atoms. The number of H-pyrrole nitrogens is 1. The third-order valence-corrected chi connectivity index (χ3v) is 2.57. The minimum atomic E-state index is -0.934. The number of aromatic amines is 1. The Bertz CT molecular complexity index is 532. The summed E-state index contributed by atoms with van der Waals surface area (Å²) >= 11 is 0. The van der Waals surface area contributed by atoms with Crippen molar-refractivity contribution in [2.45, 2.75) is 5.92 Å². The van der Waals surface area contributed by atoms with Crippen molar-refractivity contribution in [1.29, 1.82) is 0 Å². The molecule has 1 heterocycles. The number of benzene rings is 1. The predicted octanol–water partition coefficient (Wildman–Crippen LogP) is 2.43. The maximum Gasteiger partial charge on any atom is 0.335 e. The summed E-state index contributed by atoms with van der Waals surface area (Å²) < 4.78 is 0. The number of allylic oxidation sites excluding steroid dienone is 1. The quantitative estimate of drug-likeness (QED) is 0.790. The largest absolute Gasteiger partial charge is 0.478 e. The molecule has 17 heavy (non-hydrogen) atoms. The van der Waals surface area contributed by atoms with Crippen LogP contribution in [-0.4, -0.2) is 21.0 Å². The van der Waals surface area contributed by atoms with Crippen LogP contribution in [0, 0.1) is 0 Å². The van der Waals surface area contributed by atoms with Crippen LogP contribution >= 0.6 is 0 Å². The van der Waals surface area contributed by atoms with Gasteiger partial charge in [0.1, 0.15) is 0 Å². The van der Waals surface area contributed by atoms with Gasteiger partial charge in [-0.15, -0.1) is 6.58 Å². The van der Waals surface area contributed by atoms with Crippen molar-refractivity contribution in [1.82, 2.24) is 9.97 Å². The number of rotatable bonds is 4. The molecule has 1 aromatic carbocycles. The molecule has 2 aromatic rings. The van der Waals surface area contributed by atoms with Gasteiger partial charge >= 0.3 is 5.97 Å². The molecule has 0 aliphatic carbocycles. The smallest absolute Gasteiger partial charge is 0.335 e. The van der Waals surface area contributed by atoms with E-state index in [1.54, 1.807) is 36.8 Å². The highest BCUT2D eigenvalue weighted by molar-refractivity contribution is 5.87. The number of nitrogens with zero attached hydrogens (tertiary/aromatic N) is 1. The van der Waals surface area contributed by atoms with Gasteiger partial charge in [0.05, 0.1) is 17.6 Å². The SMILES string of the molecule is C=CC(c1cccc(C(=O)O)c1)c1c[nH]cn1. The number of aromatic nitrogens is 2. The summed E-state index contributed by atoms with van der Waals surface area (Å²) in [5, 5.41) is 8.95. The number of hydrogen-bond acceptors (Lipinski definition) is 2. The Kier molecular flexibility index (Phi) is 3.05. The second-order valence-electron chi connectivity index (χ2n) is 3.64. The number of hydrogen-bond donors (Lipinski definition) is 2. The number of nitrogens with one attached hydrogen (secondary N) is 1. The third-order valence-electron chi connectivity index (χ3n) is 2.57. The summed E-state index contributed by atoms with van der Waals surface area (Å²) in [5.74, 6) is -1.03. The lowest BCUT2D eigenvalue weighted by molar-refractivity contribution is 0.0697. The van der Waals surface area contributed by atoms with Crippen molar-refractivity contribution >= 4 is 5.97 Å². The lowest BCUT2D eigenvalue weighted by Gasteiger charge is -2.10. The van der Waals surface area contributed by atoms with Crippen LogP contribution in [-0.2, 0) is 0 Å². The summed E-state index contributed by atoms with van der Waals surface area (Å²) in [4.78, 5) is 17.9. The van der Waals surface area contributed by atoms with E-state index in [-0.39, 0.29) is 11.5 Å². The van der Waals surface area contributed by atoms with Gasteiger partial charge in [-0.25, -0.2) is 9.78 Å². The average molecular weight is 228 g/mol. The van der Waals surface area contributed by atoms with E-state index in [9.17, 15) is 4.79 Å². The van der Waals surface area contributed by atoms with E-state index < -0.39 is 5.97 Å². The Morgan fingerprint density at radius 1 is 1.53 bits per heavy atom. The summed E-state index contributed by atoms with van der Waals surface area (Å²) in [6.07, 6.45) is 5.11. The van der Waals surface area contributed by atoms with Gasteiger partial charge in [-0.05, 0) is 17.7 Å². The maximum atomic E-state index is 10.9. The highest BCUT2D eigenvalue weighted by atomic mass is 16.4. The fraction of sp³-hybridized carbons (Fsp3) is 0.0769. The van der Waals surface area contributed by atoms with Crippen molar-refractivity contribution in [3.63, 3.8) is 0 Å². The van der Waals surface area contributed by atoms with Gasteiger partial charge in [-0.3, -0.25) is 0 Å². The molecule has 86 valence electrons. The van der Waals surface area contributed by atoms with Crippen LogP contribution in [0.2, 0.25) is 0 Å². The van der Waals surface area contributed by atoms with E-state index in [2.05, 4.69) is 16.5 Å². The van der Waals surface area contributed by atoms with Crippen molar-refractivity contribution in [2.24, 2.45) is 0 Å². The Morgan fingerprint density at radius 2 is 2.35 bits per heavy atom.